The van der Waals surface area contributed by atoms with Crippen molar-refractivity contribution in [3.8, 4) is 0 Å². The van der Waals surface area contributed by atoms with Crippen molar-refractivity contribution in [2.45, 2.75) is 44.4 Å². The summed E-state index contributed by atoms with van der Waals surface area (Å²) in [6, 6.07) is 27.9. The first-order valence-corrected chi connectivity index (χ1v) is 13.0. The molecule has 3 heteroatoms. The van der Waals surface area contributed by atoms with Gasteiger partial charge in [-0.2, -0.15) is 0 Å². The largest absolute Gasteiger partial charge is 0.465 e. The van der Waals surface area contributed by atoms with E-state index < -0.39 is 5.41 Å². The van der Waals surface area contributed by atoms with Crippen molar-refractivity contribution in [1.29, 1.82) is 0 Å². The third-order valence-corrected chi connectivity index (χ3v) is 7.77. The Morgan fingerprint density at radius 3 is 2.03 bits per heavy atom. The summed E-state index contributed by atoms with van der Waals surface area (Å²) >= 11 is 0. The smallest absolute Gasteiger partial charge is 0.316 e. The van der Waals surface area contributed by atoms with Crippen LogP contribution >= 0.6 is 0 Å². The van der Waals surface area contributed by atoms with Crippen LogP contribution in [0, 0.1) is 0 Å². The highest BCUT2D eigenvalue weighted by Crippen LogP contribution is 2.37. The minimum absolute atomic E-state index is 0.0698. The van der Waals surface area contributed by atoms with Crippen molar-refractivity contribution in [3.63, 3.8) is 0 Å². The molecule has 0 bridgehead atoms. The van der Waals surface area contributed by atoms with Crippen LogP contribution < -0.4 is 0 Å². The molecule has 0 aromatic heterocycles. The highest BCUT2D eigenvalue weighted by Gasteiger charge is 2.44. The van der Waals surface area contributed by atoms with Gasteiger partial charge in [-0.25, -0.2) is 0 Å². The fraction of sp³-hybridized carbons (Fsp3) is 0.344. The molecule has 0 unspecified atom stereocenters. The quantitative estimate of drug-likeness (QED) is 0.406. The first kappa shape index (κ1) is 23.6. The average Bonchev–Trinajstić information content (AvgIpc) is 3.07. The van der Waals surface area contributed by atoms with Crippen molar-refractivity contribution < 1.29 is 9.53 Å². The molecule has 180 valence electrons. The molecule has 1 fully saturated rings. The standard InChI is InChI=1S/C32H35NO2/c1-2-35-31(34)32(27-13-4-3-5-14-27)20-23-33(24-21-32)22-10-17-30-28-15-8-6-11-25(28)18-19-26-12-7-9-16-29(26)30/h3-9,11-17H,2,10,18-24H2,1H3. The zero-order valence-electron chi connectivity index (χ0n) is 20.7. The van der Waals surface area contributed by atoms with Gasteiger partial charge in [-0.15, -0.1) is 0 Å². The van der Waals surface area contributed by atoms with E-state index in [1.54, 1.807) is 0 Å². The summed E-state index contributed by atoms with van der Waals surface area (Å²) in [4.78, 5) is 15.6. The number of likely N-dealkylation sites (tertiary alicyclic amines) is 1. The molecule has 3 nitrogen and oxygen atoms in total. The predicted molar refractivity (Wildman–Crippen MR) is 142 cm³/mol. The van der Waals surface area contributed by atoms with E-state index in [2.05, 4.69) is 71.6 Å². The zero-order chi connectivity index (χ0) is 24.1. The third-order valence-electron chi connectivity index (χ3n) is 7.77. The number of fused-ring (bicyclic) bond motifs is 2. The van der Waals surface area contributed by atoms with Gasteiger partial charge in [0, 0.05) is 6.54 Å². The molecule has 1 aliphatic carbocycles. The minimum Gasteiger partial charge on any atom is -0.465 e. The van der Waals surface area contributed by atoms with Gasteiger partial charge >= 0.3 is 5.97 Å². The Morgan fingerprint density at radius 2 is 1.43 bits per heavy atom. The van der Waals surface area contributed by atoms with Crippen LogP contribution in [0.1, 0.15) is 54.0 Å². The summed E-state index contributed by atoms with van der Waals surface area (Å²) in [5.41, 5.74) is 7.57. The van der Waals surface area contributed by atoms with Crippen LogP contribution in [0.4, 0.5) is 0 Å². The van der Waals surface area contributed by atoms with Crippen molar-refractivity contribution in [1.82, 2.24) is 4.90 Å². The van der Waals surface area contributed by atoms with Gasteiger partial charge in [0.05, 0.1) is 12.0 Å². The van der Waals surface area contributed by atoms with Crippen LogP contribution in [0.2, 0.25) is 0 Å². The van der Waals surface area contributed by atoms with Gasteiger partial charge in [0.2, 0.25) is 0 Å². The van der Waals surface area contributed by atoms with Crippen LogP contribution in [-0.2, 0) is 27.8 Å². The van der Waals surface area contributed by atoms with Crippen LogP contribution in [0.25, 0.3) is 5.57 Å². The van der Waals surface area contributed by atoms with Gasteiger partial charge in [-0.1, -0.05) is 84.9 Å². The number of piperidine rings is 1. The number of hydrogen-bond acceptors (Lipinski definition) is 3. The highest BCUT2D eigenvalue weighted by molar-refractivity contribution is 5.84. The van der Waals surface area contributed by atoms with Gasteiger partial charge in [0.25, 0.3) is 0 Å². The Hall–Kier alpha value is -3.17. The van der Waals surface area contributed by atoms with E-state index in [1.807, 2.05) is 25.1 Å². The van der Waals surface area contributed by atoms with E-state index in [1.165, 1.54) is 27.8 Å². The van der Waals surface area contributed by atoms with Crippen LogP contribution in [0.5, 0.6) is 0 Å². The van der Waals surface area contributed by atoms with Gasteiger partial charge in [-0.05, 0) is 85.5 Å². The van der Waals surface area contributed by atoms with E-state index in [9.17, 15) is 4.79 Å². The van der Waals surface area contributed by atoms with Crippen molar-refractivity contribution in [2.24, 2.45) is 0 Å². The molecule has 3 aromatic carbocycles. The number of ether oxygens (including phenoxy) is 1. The van der Waals surface area contributed by atoms with E-state index in [4.69, 9.17) is 4.74 Å². The fourth-order valence-electron chi connectivity index (χ4n) is 5.82. The number of hydrogen-bond donors (Lipinski definition) is 0. The fourth-order valence-corrected chi connectivity index (χ4v) is 5.82. The Bertz CT molecular complexity index is 1140. The number of carbonyl (C=O) groups excluding carboxylic acids is 1. The minimum atomic E-state index is -0.522. The van der Waals surface area contributed by atoms with Gasteiger partial charge < -0.3 is 9.64 Å². The Balaban J connectivity index is 1.31. The number of esters is 1. The van der Waals surface area contributed by atoms with Crippen molar-refractivity contribution in [2.75, 3.05) is 26.2 Å². The van der Waals surface area contributed by atoms with Crippen molar-refractivity contribution >= 4 is 11.5 Å². The second-order valence-corrected chi connectivity index (χ2v) is 9.73. The lowest BCUT2D eigenvalue weighted by atomic mass is 9.72. The number of rotatable bonds is 6. The number of nitrogens with zero attached hydrogens (tertiary/aromatic N) is 1. The molecule has 0 radical (unpaired) electrons. The molecule has 1 saturated heterocycles. The molecule has 0 N–H and O–H groups in total. The Labute approximate surface area is 209 Å². The molecule has 0 amide bonds. The lowest BCUT2D eigenvalue weighted by molar-refractivity contribution is -0.152. The van der Waals surface area contributed by atoms with Gasteiger partial charge in [0.1, 0.15) is 0 Å². The lowest BCUT2D eigenvalue weighted by Gasteiger charge is -2.40. The zero-order valence-corrected chi connectivity index (χ0v) is 20.7. The average molecular weight is 466 g/mol. The van der Waals surface area contributed by atoms with Crippen LogP contribution in [0.15, 0.2) is 84.9 Å². The number of carbonyl (C=O) groups is 1. The molecule has 1 aliphatic heterocycles. The molecule has 3 aromatic rings. The third kappa shape index (κ3) is 4.83. The lowest BCUT2D eigenvalue weighted by Crippen LogP contribution is -2.48. The molecular weight excluding hydrogens is 430 g/mol. The monoisotopic (exact) mass is 465 g/mol. The highest BCUT2D eigenvalue weighted by atomic mass is 16.5. The van der Waals surface area contributed by atoms with E-state index in [0.717, 1.165) is 57.3 Å². The Morgan fingerprint density at radius 1 is 0.857 bits per heavy atom. The first-order valence-electron chi connectivity index (χ1n) is 13.0. The maximum absolute atomic E-state index is 13.1. The van der Waals surface area contributed by atoms with Crippen molar-refractivity contribution in [3.05, 3.63) is 113 Å². The SMILES string of the molecule is CCOC(=O)C1(c2ccccc2)CCN(CCC=C2c3ccccc3CCc3ccccc32)CC1. The molecule has 35 heavy (non-hydrogen) atoms. The van der Waals surface area contributed by atoms with E-state index in [0.29, 0.717) is 6.61 Å². The maximum Gasteiger partial charge on any atom is 0.316 e. The number of aryl methyl sites for hydroxylation is 2. The van der Waals surface area contributed by atoms with Gasteiger partial charge in [-0.3, -0.25) is 4.79 Å². The summed E-state index contributed by atoms with van der Waals surface area (Å²) < 4.78 is 5.55. The van der Waals surface area contributed by atoms with Gasteiger partial charge in [0.15, 0.2) is 0 Å². The molecule has 0 spiro atoms. The summed E-state index contributed by atoms with van der Waals surface area (Å²) in [5.74, 6) is -0.0698. The van der Waals surface area contributed by atoms with E-state index >= 15 is 0 Å². The molecule has 5 rings (SSSR count). The summed E-state index contributed by atoms with van der Waals surface area (Å²) in [5, 5.41) is 0. The summed E-state index contributed by atoms with van der Waals surface area (Å²) in [6.45, 7) is 5.13. The van der Waals surface area contributed by atoms with Crippen LogP contribution in [0.3, 0.4) is 0 Å². The molecule has 0 atom stereocenters. The second kappa shape index (κ2) is 10.6. The summed E-state index contributed by atoms with van der Waals surface area (Å²) in [7, 11) is 0. The number of benzene rings is 3. The molecular formula is C32H35NO2. The summed E-state index contributed by atoms with van der Waals surface area (Å²) in [6.07, 6.45) is 7.22. The maximum atomic E-state index is 13.1. The normalized spacial score (nSPS) is 17.1. The first-order chi connectivity index (χ1) is 17.2. The van der Waals surface area contributed by atoms with E-state index in [-0.39, 0.29) is 5.97 Å². The van der Waals surface area contributed by atoms with Crippen LogP contribution in [-0.4, -0.2) is 37.1 Å². The molecule has 0 saturated carbocycles. The molecule has 1 heterocycles. The second-order valence-electron chi connectivity index (χ2n) is 9.73. The topological polar surface area (TPSA) is 29.5 Å². The predicted octanol–water partition coefficient (Wildman–Crippen LogP) is 6.20. The molecule has 2 aliphatic rings. The Kier molecular flexibility index (Phi) is 7.15.